The van der Waals surface area contributed by atoms with Gasteiger partial charge in [0.25, 0.3) is 16.7 Å². The number of imidazole rings is 1. The molecule has 11 heterocycles. The van der Waals surface area contributed by atoms with Crippen molar-refractivity contribution in [1.29, 1.82) is 0 Å². The zero-order valence-corrected chi connectivity index (χ0v) is 68.7. The van der Waals surface area contributed by atoms with Crippen molar-refractivity contribution in [1.82, 2.24) is 57.7 Å². The number of nitrogens with zero attached hydrogens (tertiary/aromatic N) is 9. The van der Waals surface area contributed by atoms with Gasteiger partial charge in [0.15, 0.2) is 17.5 Å². The Kier molecular flexibility index (Phi) is 29.4. The maximum atomic E-state index is 13.6. The number of aromatic nitrogens is 12. The summed E-state index contributed by atoms with van der Waals surface area (Å²) >= 11 is 26.0. The van der Waals surface area contributed by atoms with Crippen molar-refractivity contribution in [3.63, 3.8) is 0 Å². The summed E-state index contributed by atoms with van der Waals surface area (Å²) in [6.45, 7) is -11.3. The van der Waals surface area contributed by atoms with Gasteiger partial charge in [0.05, 0.1) is 88.1 Å². The third-order valence-corrected chi connectivity index (χ3v) is 26.0. The molecule has 5 aliphatic rings. The van der Waals surface area contributed by atoms with Gasteiger partial charge in [0.1, 0.15) is 73.0 Å². The highest BCUT2D eigenvalue weighted by Crippen LogP contribution is 2.59. The quantitative estimate of drug-likeness (QED) is 0.0195. The second-order valence-electron chi connectivity index (χ2n) is 26.9. The van der Waals surface area contributed by atoms with E-state index in [0.29, 0.717) is 19.4 Å². The van der Waals surface area contributed by atoms with Crippen LogP contribution in [-0.2, 0) is 126 Å². The number of halogens is 1. The van der Waals surface area contributed by atoms with Gasteiger partial charge in [-0.05, 0) is 94.6 Å². The van der Waals surface area contributed by atoms with Crippen LogP contribution in [0.25, 0.3) is 11.2 Å². The van der Waals surface area contributed by atoms with Crippen LogP contribution in [0.15, 0.2) is 81.3 Å². The molecule has 0 saturated carbocycles. The Morgan fingerprint density at radius 1 is 0.580 bits per heavy atom. The monoisotopic (exact) mass is 1790 g/mol. The molecule has 618 valence electrons. The van der Waals surface area contributed by atoms with Crippen molar-refractivity contribution in [2.24, 2.45) is 17.8 Å². The maximum absolute atomic E-state index is 13.6. The molecule has 0 aliphatic carbocycles. The zero-order valence-electron chi connectivity index (χ0n) is 60.3. The topological polar surface area (TPSA) is 567 Å². The second kappa shape index (κ2) is 37.6. The van der Waals surface area contributed by atoms with Crippen LogP contribution in [0.3, 0.4) is 0 Å². The highest BCUT2D eigenvalue weighted by atomic mass is 79.9. The Bertz CT molecular complexity index is 5020. The zero-order chi connectivity index (χ0) is 80.9. The van der Waals surface area contributed by atoms with Crippen LogP contribution < -0.4 is 56.6 Å². The molecule has 0 aromatic carbocycles. The van der Waals surface area contributed by atoms with Gasteiger partial charge in [0.2, 0.25) is 5.95 Å². The molecule has 6 aromatic rings. The predicted octanol–water partition coefficient (Wildman–Crippen LogP) is 1.75. The summed E-state index contributed by atoms with van der Waals surface area (Å²) in [4.78, 5) is 161. The second-order valence-corrected chi connectivity index (χ2v) is 39.1. The number of anilines is 3. The molecular weight excluding hydrogens is 1710 g/mol. The van der Waals surface area contributed by atoms with Crippen LogP contribution in [-0.4, -0.2) is 198 Å². The molecule has 13 N–H and O–H groups in total. The van der Waals surface area contributed by atoms with Gasteiger partial charge in [0, 0.05) is 87.3 Å². The van der Waals surface area contributed by atoms with Crippen LogP contribution in [0, 0.1) is 24.7 Å². The molecule has 6 aromatic heterocycles. The first-order valence-electron chi connectivity index (χ1n) is 34.8. The Balaban J connectivity index is 0.816. The summed E-state index contributed by atoms with van der Waals surface area (Å²) in [6.07, 6.45) is -10.9. The molecule has 5 aliphatic heterocycles. The van der Waals surface area contributed by atoms with Gasteiger partial charge >= 0.3 is 49.6 Å². The number of nitrogens with two attached hydrogens (primary N) is 3. The number of hydrogen-bond acceptors (Lipinski definition) is 36. The number of hydrogen-bond donors (Lipinski definition) is 10. The molecule has 43 nitrogen and oxygen atoms in total. The first kappa shape index (κ1) is 87.7. The summed E-state index contributed by atoms with van der Waals surface area (Å²) in [7, 11) is 0. The van der Waals surface area contributed by atoms with E-state index in [1.54, 1.807) is 0 Å². The van der Waals surface area contributed by atoms with E-state index in [9.17, 15) is 58.1 Å². The summed E-state index contributed by atoms with van der Waals surface area (Å²) in [5, 5.41) is 10.2. The van der Waals surface area contributed by atoms with E-state index in [4.69, 9.17) is 138 Å². The van der Waals surface area contributed by atoms with E-state index >= 15 is 0 Å². The lowest BCUT2D eigenvalue weighted by Gasteiger charge is -2.31. The molecule has 0 bridgehead atoms. The number of nitrogens with one attached hydrogen (secondary N) is 3. The van der Waals surface area contributed by atoms with E-state index in [0.717, 1.165) is 13.7 Å². The third-order valence-electron chi connectivity index (χ3n) is 18.4. The van der Waals surface area contributed by atoms with E-state index < -0.39 is 185 Å². The molecule has 0 radical (unpaired) electrons. The minimum Gasteiger partial charge on any atom is -0.394 e. The minimum atomic E-state index is -4.64. The maximum Gasteiger partial charge on any atom is 0.351 e. The van der Waals surface area contributed by atoms with Crippen molar-refractivity contribution >= 4 is 125 Å². The fourth-order valence-corrected chi connectivity index (χ4v) is 19.7. The predicted molar refractivity (Wildman–Crippen MR) is 410 cm³/mol. The molecule has 112 heavy (non-hydrogen) atoms. The van der Waals surface area contributed by atoms with Crippen LogP contribution >= 0.6 is 42.8 Å². The SMILES string of the molecule is Cc1cn([C@H]2CC(OP(=S)(OCCOCCOCCCC(=O)C(C)C)O[C@H]3O[C@@H](n4ccc(N)nc4=O)CC3C(C)C)[C@@H](COP(O)(=S)OC3C[C@H](n4cnc5c(=O)[nH]c(N)nc54)O[C@@H]3COP(O)(=S)OC3C[C@H](n4ccc(N)nc4=O)O[C@@H]3COP(O)(=S)OC3C[C@H](n4cc(Br)c(=O)[nH]c4=O)O[C@@H]3CO)O2)c(=O)[nH]c1=O. The number of ether oxygens (including phenoxy) is 7. The number of ketones is 1. The van der Waals surface area contributed by atoms with Gasteiger partial charge in [-0.15, -0.1) is 0 Å². The van der Waals surface area contributed by atoms with E-state index in [1.807, 2.05) is 27.7 Å². The number of Topliss-reactive ketones (excluding diaryl/α,β-unsaturated/α-hetero) is 1. The van der Waals surface area contributed by atoms with Crippen molar-refractivity contribution < 1.29 is 98.5 Å². The number of aromatic amines is 3. The van der Waals surface area contributed by atoms with Crippen LogP contribution in [0.1, 0.15) is 109 Å². The number of nitrogen functional groups attached to an aromatic ring is 3. The number of aliphatic hydroxyl groups is 1. The number of rotatable bonds is 38. The number of aryl methyl sites for hydroxylation is 1. The van der Waals surface area contributed by atoms with Crippen LogP contribution in [0.2, 0.25) is 0 Å². The molecule has 19 atom stereocenters. The normalized spacial score (nSPS) is 27.6. The number of carbonyl (C=O) groups excluding carboxylic acids is 1. The van der Waals surface area contributed by atoms with Gasteiger partial charge in [-0.2, -0.15) is 15.0 Å². The first-order valence-corrected chi connectivity index (χ1v) is 46.0. The molecule has 0 spiro atoms. The van der Waals surface area contributed by atoms with Crippen LogP contribution in [0.4, 0.5) is 17.6 Å². The van der Waals surface area contributed by atoms with Crippen molar-refractivity contribution in [2.75, 3.05) is 76.7 Å². The number of carbonyl (C=O) groups is 1. The third kappa shape index (κ3) is 22.4. The Labute approximate surface area is 663 Å². The highest BCUT2D eigenvalue weighted by Gasteiger charge is 2.50. The molecule has 11 rings (SSSR count). The molecule has 9 unspecified atom stereocenters. The summed E-state index contributed by atoms with van der Waals surface area (Å²) in [5.41, 5.74) is 12.2. The van der Waals surface area contributed by atoms with Gasteiger partial charge in [-0.1, -0.05) is 27.7 Å². The Morgan fingerprint density at radius 3 is 1.56 bits per heavy atom. The van der Waals surface area contributed by atoms with E-state index in [-0.39, 0.29) is 115 Å². The highest BCUT2D eigenvalue weighted by molar-refractivity contribution is 9.10. The van der Waals surface area contributed by atoms with E-state index in [1.165, 1.54) is 59.3 Å². The Morgan fingerprint density at radius 2 is 1.04 bits per heavy atom. The fourth-order valence-electron chi connectivity index (χ4n) is 12.6. The molecule has 52 heteroatoms. The molecule has 0 amide bonds. The number of fused-ring (bicyclic) bond motifs is 1. The standard InChI is InChI=1S/C60H84BrN15O28P4S4/c1-29(2)32-17-45(72-10-8-43(62)66-57(72)82)99-55(32)104-108(112,91-16-15-90-14-13-89-12-6-7-34(78)30(3)4)103-38-21-47(74-22-31(5)52(79)70-59(74)84)97-42(38)27-94-107(88,111)102-37-20-49(76-28-65-50-51(76)68-56(64)69-54(50)81)98-41(37)26-93-106(87,110)101-36-19-46(73-11-9-44(63)67-58(73)83)96-40(36)25-92-105(86,109)100-35-18-48(95-39(35)24-77)75-23-33(61)53(80)71-60(75)85/h8-11,22-23,28-30,32,35-42,45-49,55,77H,6-7,12-21,24-27H2,1-5H3,(H,86,109)(H,87,110)(H,88,111)(H2,62,66,82)(H2,63,67,83)(H,70,79,84)(H,71,80,85)(H3,64,68,69,81)/t32?,35?,36?,37?,38?,39-,40-,41-,42-,45-,46-,47-,48-,49-,55-,105?,106?,107?,108?/m1/s1. The summed E-state index contributed by atoms with van der Waals surface area (Å²) < 4.78 is 105. The first-order chi connectivity index (χ1) is 52.9. The lowest BCUT2D eigenvalue weighted by atomic mass is 9.93. The van der Waals surface area contributed by atoms with Crippen molar-refractivity contribution in [3.05, 3.63) is 126 Å². The van der Waals surface area contributed by atoms with Crippen molar-refractivity contribution in [3.8, 4) is 0 Å². The average Bonchev–Trinajstić information content (AvgIpc) is 1.65. The smallest absolute Gasteiger partial charge is 0.351 e. The number of aliphatic hydroxyl groups excluding tert-OH is 1. The summed E-state index contributed by atoms with van der Waals surface area (Å²) in [6, 6.07) is 2.74. The van der Waals surface area contributed by atoms with Gasteiger partial charge in [-0.25, -0.2) is 24.2 Å². The molecule has 5 saturated heterocycles. The van der Waals surface area contributed by atoms with Gasteiger partial charge in [-0.3, -0.25) is 61.5 Å². The fraction of sp³-hybridized carbons (Fsp3) is 0.633. The van der Waals surface area contributed by atoms with Crippen molar-refractivity contribution in [2.45, 2.75) is 166 Å². The number of H-pyrrole nitrogens is 3. The molecular formula is C60H84BrN15O28P4S4. The lowest BCUT2D eigenvalue weighted by Crippen LogP contribution is -2.33. The minimum absolute atomic E-state index is 0.00971. The summed E-state index contributed by atoms with van der Waals surface area (Å²) in [5.74, 6) is -1.01. The largest absolute Gasteiger partial charge is 0.394 e. The molecule has 5 fully saturated rings. The van der Waals surface area contributed by atoms with E-state index in [2.05, 4.69) is 50.8 Å². The average molecular weight is 1800 g/mol. The van der Waals surface area contributed by atoms with Crippen LogP contribution in [0.5, 0.6) is 0 Å². The lowest BCUT2D eigenvalue weighted by molar-refractivity contribution is -0.128. The van der Waals surface area contributed by atoms with Gasteiger partial charge < -0.3 is 106 Å². The Hall–Kier alpha value is -5.18.